The van der Waals surface area contributed by atoms with Crippen molar-refractivity contribution in [2.24, 2.45) is 0 Å². The Kier molecular flexibility index (Phi) is 6.97. The molecule has 6 rings (SSSR count). The minimum Gasteiger partial charge on any atom is -0.306 e. The van der Waals surface area contributed by atoms with Crippen molar-refractivity contribution in [2.75, 3.05) is 5.32 Å². The molecule has 0 atom stereocenters. The lowest BCUT2D eigenvalue weighted by atomic mass is 10.1. The zero-order valence-electron chi connectivity index (χ0n) is 21.4. The van der Waals surface area contributed by atoms with Gasteiger partial charge >= 0.3 is 0 Å². The highest BCUT2D eigenvalue weighted by Gasteiger charge is 2.19. The van der Waals surface area contributed by atoms with Crippen LogP contribution in [0.2, 0.25) is 0 Å². The minimum absolute atomic E-state index is 0.0445. The standard InChI is InChI=1S/C29H23N7O2S2/c1-18-10-12-19(13-11-18)16-36-24(30)21(15-22-25(36)31-23-9-5-6-14-35(23)27(22)38)26(37)32-28-33-34-29(40-28)39-17-20-7-3-2-4-8-20/h2-15,30H,16-17H2,1H3,(H,32,33,37). The fourth-order valence-corrected chi connectivity index (χ4v) is 6.00. The predicted molar refractivity (Wildman–Crippen MR) is 157 cm³/mol. The number of benzene rings is 2. The molecule has 1 amide bonds. The number of nitrogens with one attached hydrogen (secondary N) is 2. The monoisotopic (exact) mass is 565 g/mol. The van der Waals surface area contributed by atoms with Crippen LogP contribution in [-0.4, -0.2) is 30.1 Å². The van der Waals surface area contributed by atoms with Crippen molar-refractivity contribution >= 4 is 50.8 Å². The lowest BCUT2D eigenvalue weighted by Gasteiger charge is -2.14. The normalized spacial score (nSPS) is 11.2. The van der Waals surface area contributed by atoms with Gasteiger partial charge < -0.3 is 4.57 Å². The molecule has 0 unspecified atom stereocenters. The molecule has 11 heteroatoms. The first-order valence-corrected chi connectivity index (χ1v) is 14.2. The van der Waals surface area contributed by atoms with Crippen LogP contribution < -0.4 is 16.4 Å². The Hall–Kier alpha value is -4.61. The van der Waals surface area contributed by atoms with Crippen LogP contribution in [0.15, 0.2) is 94.2 Å². The number of aryl methyl sites for hydroxylation is 1. The van der Waals surface area contributed by atoms with E-state index < -0.39 is 5.91 Å². The van der Waals surface area contributed by atoms with Crippen LogP contribution in [0.5, 0.6) is 0 Å². The Bertz CT molecular complexity index is 1980. The molecular formula is C29H23N7O2S2. The van der Waals surface area contributed by atoms with Gasteiger partial charge in [-0.2, -0.15) is 0 Å². The summed E-state index contributed by atoms with van der Waals surface area (Å²) in [5.74, 6) is 0.187. The Morgan fingerprint density at radius 2 is 1.77 bits per heavy atom. The van der Waals surface area contributed by atoms with Crippen LogP contribution in [0.1, 0.15) is 27.0 Å². The number of fused-ring (bicyclic) bond motifs is 2. The zero-order valence-corrected chi connectivity index (χ0v) is 23.0. The highest BCUT2D eigenvalue weighted by molar-refractivity contribution is 8.00. The maximum atomic E-state index is 13.5. The van der Waals surface area contributed by atoms with Gasteiger partial charge in [0.05, 0.1) is 17.5 Å². The Morgan fingerprint density at radius 1 is 1.00 bits per heavy atom. The van der Waals surface area contributed by atoms with Crippen LogP contribution in [0.4, 0.5) is 5.13 Å². The van der Waals surface area contributed by atoms with Crippen molar-refractivity contribution in [3.63, 3.8) is 0 Å². The van der Waals surface area contributed by atoms with Gasteiger partial charge in [0.2, 0.25) is 5.13 Å². The molecule has 2 N–H and O–H groups in total. The van der Waals surface area contributed by atoms with Gasteiger partial charge in [-0.3, -0.25) is 24.7 Å². The summed E-state index contributed by atoms with van der Waals surface area (Å²) < 4.78 is 3.75. The summed E-state index contributed by atoms with van der Waals surface area (Å²) in [6.45, 7) is 2.27. The van der Waals surface area contributed by atoms with E-state index in [4.69, 9.17) is 10.4 Å². The quantitative estimate of drug-likeness (QED) is 0.162. The molecule has 0 spiro atoms. The van der Waals surface area contributed by atoms with Crippen LogP contribution in [0, 0.1) is 12.3 Å². The molecule has 0 aliphatic rings. The molecule has 0 saturated heterocycles. The average molecular weight is 566 g/mol. The van der Waals surface area contributed by atoms with Crippen LogP contribution >= 0.6 is 23.1 Å². The largest absolute Gasteiger partial charge is 0.306 e. The van der Waals surface area contributed by atoms with E-state index in [1.54, 1.807) is 29.0 Å². The van der Waals surface area contributed by atoms with E-state index in [9.17, 15) is 9.59 Å². The molecule has 0 aliphatic heterocycles. The van der Waals surface area contributed by atoms with Gasteiger partial charge in [-0.1, -0.05) is 89.3 Å². The summed E-state index contributed by atoms with van der Waals surface area (Å²) in [5, 5.41) is 20.6. The summed E-state index contributed by atoms with van der Waals surface area (Å²) in [7, 11) is 0. The second-order valence-corrected chi connectivity index (χ2v) is 11.4. The second kappa shape index (κ2) is 10.9. The van der Waals surface area contributed by atoms with Crippen molar-refractivity contribution in [1.29, 1.82) is 5.41 Å². The summed E-state index contributed by atoms with van der Waals surface area (Å²) in [4.78, 5) is 31.6. The maximum Gasteiger partial charge on any atom is 0.267 e. The van der Waals surface area contributed by atoms with Gasteiger partial charge in [0, 0.05) is 11.9 Å². The molecule has 0 aliphatic carbocycles. The third-order valence-electron chi connectivity index (χ3n) is 6.36. The number of carbonyl (C=O) groups excluding carboxylic acids is 1. The molecule has 198 valence electrons. The lowest BCUT2D eigenvalue weighted by Crippen LogP contribution is -2.32. The van der Waals surface area contributed by atoms with Gasteiger partial charge in [-0.15, -0.1) is 10.2 Å². The summed E-state index contributed by atoms with van der Waals surface area (Å²) in [6.07, 6.45) is 1.64. The molecule has 40 heavy (non-hydrogen) atoms. The van der Waals surface area contributed by atoms with Crippen molar-refractivity contribution < 1.29 is 4.79 Å². The number of pyridine rings is 2. The number of carbonyl (C=O) groups is 1. The zero-order chi connectivity index (χ0) is 27.6. The molecule has 4 heterocycles. The Labute approximate surface area is 236 Å². The van der Waals surface area contributed by atoms with Crippen molar-refractivity contribution in [3.8, 4) is 0 Å². The fraction of sp³-hybridized carbons (Fsp3) is 0.103. The van der Waals surface area contributed by atoms with Gasteiger partial charge in [-0.05, 0) is 36.2 Å². The molecule has 6 aromatic rings. The minimum atomic E-state index is -0.544. The highest BCUT2D eigenvalue weighted by Crippen LogP contribution is 2.28. The number of amides is 1. The molecule has 2 aromatic carbocycles. The number of hydrogen-bond donors (Lipinski definition) is 2. The van der Waals surface area contributed by atoms with E-state index in [0.29, 0.717) is 20.8 Å². The van der Waals surface area contributed by atoms with Gasteiger partial charge in [0.1, 0.15) is 16.8 Å². The third kappa shape index (κ3) is 5.16. The van der Waals surface area contributed by atoms with Gasteiger partial charge in [-0.25, -0.2) is 4.98 Å². The van der Waals surface area contributed by atoms with E-state index in [1.807, 2.05) is 61.5 Å². The van der Waals surface area contributed by atoms with Crippen LogP contribution in [-0.2, 0) is 12.3 Å². The first-order chi connectivity index (χ1) is 19.5. The number of anilines is 1. The first kappa shape index (κ1) is 25.7. The molecule has 4 aromatic heterocycles. The Morgan fingerprint density at radius 3 is 2.58 bits per heavy atom. The van der Waals surface area contributed by atoms with E-state index in [1.165, 1.54) is 33.6 Å². The summed E-state index contributed by atoms with van der Waals surface area (Å²) >= 11 is 2.79. The van der Waals surface area contributed by atoms with E-state index in [2.05, 4.69) is 15.5 Å². The smallest absolute Gasteiger partial charge is 0.267 e. The maximum absolute atomic E-state index is 13.5. The van der Waals surface area contributed by atoms with Gasteiger partial charge in [0.15, 0.2) is 4.34 Å². The number of hydrogen-bond acceptors (Lipinski definition) is 8. The average Bonchev–Trinajstić information content (AvgIpc) is 3.42. The van der Waals surface area contributed by atoms with Crippen LogP contribution in [0.3, 0.4) is 0 Å². The van der Waals surface area contributed by atoms with Gasteiger partial charge in [0.25, 0.3) is 11.5 Å². The molecular weight excluding hydrogens is 543 g/mol. The molecule has 0 radical (unpaired) electrons. The number of aromatic nitrogens is 5. The molecule has 9 nitrogen and oxygen atoms in total. The molecule has 0 saturated carbocycles. The first-order valence-electron chi connectivity index (χ1n) is 12.4. The summed E-state index contributed by atoms with van der Waals surface area (Å²) in [6, 6.07) is 24.6. The number of rotatable bonds is 7. The number of nitrogens with zero attached hydrogens (tertiary/aromatic N) is 5. The van der Waals surface area contributed by atoms with Crippen LogP contribution in [0.25, 0.3) is 16.7 Å². The Balaban J connectivity index is 1.37. The predicted octanol–water partition coefficient (Wildman–Crippen LogP) is 4.88. The molecule has 0 fully saturated rings. The molecule has 0 bridgehead atoms. The third-order valence-corrected chi connectivity index (χ3v) is 8.40. The SMILES string of the molecule is Cc1ccc(Cn2c(=N)c(C(=O)Nc3nnc(SCc4ccccc4)s3)cc3c(=O)n4ccccc4nc32)cc1. The van der Waals surface area contributed by atoms with E-state index in [0.717, 1.165) is 22.4 Å². The topological polar surface area (TPSA) is 118 Å². The summed E-state index contributed by atoms with van der Waals surface area (Å²) in [5.41, 5.74) is 3.67. The fourth-order valence-electron chi connectivity index (χ4n) is 4.29. The van der Waals surface area contributed by atoms with Crippen molar-refractivity contribution in [2.45, 2.75) is 23.6 Å². The second-order valence-electron chi connectivity index (χ2n) is 9.16. The number of thioether (sulfide) groups is 1. The van der Waals surface area contributed by atoms with E-state index >= 15 is 0 Å². The highest BCUT2D eigenvalue weighted by atomic mass is 32.2. The van der Waals surface area contributed by atoms with Crippen molar-refractivity contribution in [3.05, 3.63) is 123 Å². The lowest BCUT2D eigenvalue weighted by molar-refractivity contribution is 0.102. The van der Waals surface area contributed by atoms with E-state index in [-0.39, 0.29) is 28.5 Å². The van der Waals surface area contributed by atoms with Crippen molar-refractivity contribution in [1.82, 2.24) is 24.1 Å².